The number of aromatic nitrogens is 2. The summed E-state index contributed by atoms with van der Waals surface area (Å²) in [6.45, 7) is 2.37. The number of nitrogens with zero attached hydrogens (tertiary/aromatic N) is 2. The van der Waals surface area contributed by atoms with Gasteiger partial charge >= 0.3 is 0 Å². The second kappa shape index (κ2) is 11.1. The first-order valence-electron chi connectivity index (χ1n) is 11.6. The van der Waals surface area contributed by atoms with Crippen LogP contribution in [0.3, 0.4) is 0 Å². The van der Waals surface area contributed by atoms with E-state index in [0.717, 1.165) is 48.6 Å². The Balaban J connectivity index is 1.52. The summed E-state index contributed by atoms with van der Waals surface area (Å²) >= 11 is 0. The van der Waals surface area contributed by atoms with Gasteiger partial charge in [-0.3, -0.25) is 4.79 Å². The maximum Gasteiger partial charge on any atom is 0.254 e. The normalized spacial score (nSPS) is 14.0. The molecule has 8 nitrogen and oxygen atoms in total. The molecule has 0 saturated carbocycles. The molecular weight excluding hydrogens is 432 g/mol. The van der Waals surface area contributed by atoms with Crippen LogP contribution in [0.25, 0.3) is 5.69 Å². The van der Waals surface area contributed by atoms with Crippen molar-refractivity contribution in [3.8, 4) is 22.9 Å². The largest absolute Gasteiger partial charge is 0.497 e. The molecule has 180 valence electrons. The molecule has 34 heavy (non-hydrogen) atoms. The number of amides is 1. The van der Waals surface area contributed by atoms with E-state index in [1.165, 1.54) is 0 Å². The fourth-order valence-corrected chi connectivity index (χ4v) is 4.40. The van der Waals surface area contributed by atoms with Gasteiger partial charge in [0.1, 0.15) is 5.75 Å². The Bertz CT molecular complexity index is 1100. The first kappa shape index (κ1) is 23.6. The Kier molecular flexibility index (Phi) is 7.69. The molecule has 2 heterocycles. The summed E-state index contributed by atoms with van der Waals surface area (Å²) in [7, 11) is 4.88. The molecular formula is C26H32N4O4. The first-order valence-corrected chi connectivity index (χ1v) is 11.6. The van der Waals surface area contributed by atoms with E-state index in [4.69, 9.17) is 14.2 Å². The summed E-state index contributed by atoms with van der Waals surface area (Å²) in [6.07, 6.45) is 4.30. The van der Waals surface area contributed by atoms with Crippen molar-refractivity contribution in [2.24, 2.45) is 0 Å². The van der Waals surface area contributed by atoms with Gasteiger partial charge in [0.2, 0.25) is 0 Å². The minimum atomic E-state index is -0.103. The van der Waals surface area contributed by atoms with Crippen LogP contribution in [0.4, 0.5) is 0 Å². The summed E-state index contributed by atoms with van der Waals surface area (Å²) in [4.78, 5) is 13.2. The lowest BCUT2D eigenvalue weighted by molar-refractivity contribution is 0.0952. The first-order chi connectivity index (χ1) is 16.6. The SMILES string of the molecule is COc1ccc(-n2ncc(C(=O)NCCc3ccc(OC)c(OC)c3)c2C2CCNCC2)cc1. The Morgan fingerprint density at radius 3 is 2.44 bits per heavy atom. The fraction of sp³-hybridized carbons (Fsp3) is 0.385. The van der Waals surface area contributed by atoms with E-state index in [0.29, 0.717) is 30.0 Å². The van der Waals surface area contributed by atoms with E-state index in [1.54, 1.807) is 27.5 Å². The molecule has 0 atom stereocenters. The van der Waals surface area contributed by atoms with Gasteiger partial charge < -0.3 is 24.8 Å². The van der Waals surface area contributed by atoms with Gasteiger partial charge in [0, 0.05) is 12.5 Å². The van der Waals surface area contributed by atoms with Gasteiger partial charge in [-0.1, -0.05) is 6.07 Å². The number of methoxy groups -OCH3 is 3. The molecule has 1 fully saturated rings. The van der Waals surface area contributed by atoms with E-state index >= 15 is 0 Å². The highest BCUT2D eigenvalue weighted by atomic mass is 16.5. The van der Waals surface area contributed by atoms with E-state index in [-0.39, 0.29) is 11.8 Å². The maximum atomic E-state index is 13.2. The van der Waals surface area contributed by atoms with Gasteiger partial charge in [-0.15, -0.1) is 0 Å². The maximum absolute atomic E-state index is 13.2. The number of ether oxygens (including phenoxy) is 3. The second-order valence-corrected chi connectivity index (χ2v) is 8.27. The second-order valence-electron chi connectivity index (χ2n) is 8.27. The average molecular weight is 465 g/mol. The Morgan fingerprint density at radius 1 is 1.03 bits per heavy atom. The Morgan fingerprint density at radius 2 is 1.76 bits per heavy atom. The molecule has 0 radical (unpaired) electrons. The summed E-state index contributed by atoms with van der Waals surface area (Å²) in [5.41, 5.74) is 3.58. The Labute approximate surface area is 200 Å². The Hall–Kier alpha value is -3.52. The van der Waals surface area contributed by atoms with E-state index in [9.17, 15) is 4.79 Å². The van der Waals surface area contributed by atoms with Crippen LogP contribution in [0.1, 0.15) is 40.4 Å². The van der Waals surface area contributed by atoms with Crippen LogP contribution in [0.2, 0.25) is 0 Å². The minimum absolute atomic E-state index is 0.103. The number of rotatable bonds is 9. The van der Waals surface area contributed by atoms with Crippen LogP contribution in [-0.4, -0.2) is 56.7 Å². The van der Waals surface area contributed by atoms with Crippen molar-refractivity contribution in [1.82, 2.24) is 20.4 Å². The van der Waals surface area contributed by atoms with E-state index in [1.807, 2.05) is 47.1 Å². The summed E-state index contributed by atoms with van der Waals surface area (Å²) < 4.78 is 17.9. The number of hydrogen-bond donors (Lipinski definition) is 2. The van der Waals surface area contributed by atoms with Gasteiger partial charge in [-0.2, -0.15) is 5.10 Å². The van der Waals surface area contributed by atoms with Crippen molar-refractivity contribution < 1.29 is 19.0 Å². The fourth-order valence-electron chi connectivity index (χ4n) is 4.40. The van der Waals surface area contributed by atoms with E-state index < -0.39 is 0 Å². The minimum Gasteiger partial charge on any atom is -0.497 e. The molecule has 2 N–H and O–H groups in total. The number of piperidine rings is 1. The highest BCUT2D eigenvalue weighted by molar-refractivity contribution is 5.95. The smallest absolute Gasteiger partial charge is 0.254 e. The van der Waals surface area contributed by atoms with Crippen molar-refractivity contribution in [1.29, 1.82) is 0 Å². The zero-order chi connectivity index (χ0) is 23.9. The van der Waals surface area contributed by atoms with E-state index in [2.05, 4.69) is 15.7 Å². The molecule has 1 aliphatic heterocycles. The highest BCUT2D eigenvalue weighted by Gasteiger charge is 2.27. The quantitative estimate of drug-likeness (QED) is 0.505. The van der Waals surface area contributed by atoms with Gasteiger partial charge in [0.25, 0.3) is 5.91 Å². The zero-order valence-electron chi connectivity index (χ0n) is 20.0. The molecule has 0 bridgehead atoms. The van der Waals surface area contributed by atoms with Crippen LogP contribution < -0.4 is 24.8 Å². The van der Waals surface area contributed by atoms with Crippen LogP contribution in [-0.2, 0) is 6.42 Å². The molecule has 8 heteroatoms. The average Bonchev–Trinajstić information content (AvgIpc) is 3.34. The van der Waals surface area contributed by atoms with Crippen molar-refractivity contribution in [3.63, 3.8) is 0 Å². The standard InChI is InChI=1S/C26H32N4O4/c1-32-21-7-5-20(6-8-21)30-25(19-11-13-27-14-12-19)22(17-29-30)26(31)28-15-10-18-4-9-23(33-2)24(16-18)34-3/h4-9,16-17,19,27H,10-15H2,1-3H3,(H,28,31). The van der Waals surface area contributed by atoms with Crippen LogP contribution in [0.15, 0.2) is 48.7 Å². The van der Waals surface area contributed by atoms with Crippen molar-refractivity contribution in [2.45, 2.75) is 25.2 Å². The number of carbonyl (C=O) groups is 1. The number of carbonyl (C=O) groups excluding carboxylic acids is 1. The molecule has 1 saturated heterocycles. The third kappa shape index (κ3) is 5.17. The van der Waals surface area contributed by atoms with Gasteiger partial charge in [-0.05, 0) is 74.3 Å². The summed E-state index contributed by atoms with van der Waals surface area (Å²) in [5, 5.41) is 11.1. The molecule has 4 rings (SSSR count). The van der Waals surface area contributed by atoms with Crippen LogP contribution in [0, 0.1) is 0 Å². The van der Waals surface area contributed by atoms with Crippen molar-refractivity contribution in [3.05, 3.63) is 65.5 Å². The van der Waals surface area contributed by atoms with Gasteiger partial charge in [0.15, 0.2) is 11.5 Å². The molecule has 1 aliphatic rings. The van der Waals surface area contributed by atoms with Crippen molar-refractivity contribution >= 4 is 5.91 Å². The molecule has 0 spiro atoms. The number of nitrogens with one attached hydrogen (secondary N) is 2. The van der Waals surface area contributed by atoms with Crippen molar-refractivity contribution in [2.75, 3.05) is 41.0 Å². The van der Waals surface area contributed by atoms with Crippen LogP contribution in [0.5, 0.6) is 17.2 Å². The predicted molar refractivity (Wildman–Crippen MR) is 131 cm³/mol. The molecule has 2 aromatic carbocycles. The third-order valence-corrected chi connectivity index (χ3v) is 6.24. The number of benzene rings is 2. The number of hydrogen-bond acceptors (Lipinski definition) is 6. The van der Waals surface area contributed by atoms with Crippen LogP contribution >= 0.6 is 0 Å². The molecule has 0 aliphatic carbocycles. The summed E-state index contributed by atoms with van der Waals surface area (Å²) in [5.74, 6) is 2.31. The van der Waals surface area contributed by atoms with Gasteiger partial charge in [0.05, 0.1) is 44.5 Å². The lowest BCUT2D eigenvalue weighted by Crippen LogP contribution is -2.31. The molecule has 3 aromatic rings. The molecule has 1 aromatic heterocycles. The monoisotopic (exact) mass is 464 g/mol. The lowest BCUT2D eigenvalue weighted by Gasteiger charge is -2.24. The molecule has 0 unspecified atom stereocenters. The highest BCUT2D eigenvalue weighted by Crippen LogP contribution is 2.31. The predicted octanol–water partition coefficient (Wildman–Crippen LogP) is 3.34. The summed E-state index contributed by atoms with van der Waals surface area (Å²) in [6, 6.07) is 13.6. The molecule has 1 amide bonds. The zero-order valence-corrected chi connectivity index (χ0v) is 20.0. The third-order valence-electron chi connectivity index (χ3n) is 6.24. The lowest BCUT2D eigenvalue weighted by atomic mass is 9.91. The van der Waals surface area contributed by atoms with Gasteiger partial charge in [-0.25, -0.2) is 4.68 Å². The topological polar surface area (TPSA) is 86.6 Å².